The number of nitrogens with zero attached hydrogens (tertiary/aromatic N) is 2. The fourth-order valence-electron chi connectivity index (χ4n) is 2.64. The minimum absolute atomic E-state index is 0.213. The van der Waals surface area contributed by atoms with Crippen LogP contribution in [0.15, 0.2) is 45.8 Å². The van der Waals surface area contributed by atoms with E-state index in [0.717, 1.165) is 22.2 Å². The number of carbonyl (C=O) groups is 2. The Balaban J connectivity index is 1.90. The number of benzene rings is 2. The monoisotopic (exact) mass is 472 g/mol. The summed E-state index contributed by atoms with van der Waals surface area (Å²) in [5.41, 5.74) is 2.02. The molecule has 0 unspecified atom stereocenters. The van der Waals surface area contributed by atoms with Crippen molar-refractivity contribution in [3.63, 3.8) is 0 Å². The van der Waals surface area contributed by atoms with Crippen LogP contribution in [-0.2, 0) is 11.4 Å². The maximum absolute atomic E-state index is 12.1. The predicted molar refractivity (Wildman–Crippen MR) is 115 cm³/mol. The van der Waals surface area contributed by atoms with Gasteiger partial charge in [-0.1, -0.05) is 34.1 Å². The molecular weight excluding hydrogens is 456 g/mol. The smallest absolute Gasteiger partial charge is 0.293 e. The Morgan fingerprint density at radius 3 is 2.59 bits per heavy atom. The molecule has 2 aromatic carbocycles. The first-order chi connectivity index (χ1) is 13.9. The van der Waals surface area contributed by atoms with Gasteiger partial charge in [-0.2, -0.15) is 5.26 Å². The first-order valence-electron chi connectivity index (χ1n) is 8.73. The molecule has 1 saturated heterocycles. The van der Waals surface area contributed by atoms with Crippen LogP contribution in [0.2, 0.25) is 0 Å². The number of imide groups is 1. The molecule has 6 nitrogen and oxygen atoms in total. The minimum atomic E-state index is -0.335. The van der Waals surface area contributed by atoms with Gasteiger partial charge in [-0.25, -0.2) is 0 Å². The van der Waals surface area contributed by atoms with Gasteiger partial charge in [0, 0.05) is 17.1 Å². The molecule has 0 atom stereocenters. The van der Waals surface area contributed by atoms with Crippen molar-refractivity contribution in [1.82, 2.24) is 4.90 Å². The summed E-state index contributed by atoms with van der Waals surface area (Å²) in [4.78, 5) is 25.3. The van der Waals surface area contributed by atoms with E-state index in [-0.39, 0.29) is 17.8 Å². The summed E-state index contributed by atoms with van der Waals surface area (Å²) in [6, 6.07) is 12.9. The molecule has 0 spiro atoms. The molecule has 29 heavy (non-hydrogen) atoms. The Morgan fingerprint density at radius 2 is 1.93 bits per heavy atom. The van der Waals surface area contributed by atoms with Crippen LogP contribution < -0.4 is 9.47 Å². The van der Waals surface area contributed by atoms with Crippen molar-refractivity contribution in [2.75, 3.05) is 13.7 Å². The van der Waals surface area contributed by atoms with Gasteiger partial charge in [0.2, 0.25) is 0 Å². The van der Waals surface area contributed by atoms with Crippen LogP contribution in [0.4, 0.5) is 4.79 Å². The van der Waals surface area contributed by atoms with Gasteiger partial charge >= 0.3 is 0 Å². The summed E-state index contributed by atoms with van der Waals surface area (Å²) in [5.74, 6) is 0.678. The highest BCUT2D eigenvalue weighted by atomic mass is 79.9. The second kappa shape index (κ2) is 9.16. The Morgan fingerprint density at radius 1 is 1.21 bits per heavy atom. The Bertz CT molecular complexity index is 1050. The average Bonchev–Trinajstić information content (AvgIpc) is 2.96. The number of ether oxygens (including phenoxy) is 2. The number of carbonyl (C=O) groups excluding carboxylic acids is 2. The van der Waals surface area contributed by atoms with Gasteiger partial charge in [0.05, 0.1) is 23.1 Å². The van der Waals surface area contributed by atoms with E-state index in [9.17, 15) is 14.9 Å². The highest BCUT2D eigenvalue weighted by Crippen LogP contribution is 2.38. The zero-order valence-electron chi connectivity index (χ0n) is 15.8. The first-order valence-corrected chi connectivity index (χ1v) is 10.3. The fraction of sp³-hybridized carbons (Fsp3) is 0.190. The van der Waals surface area contributed by atoms with E-state index in [1.54, 1.807) is 30.3 Å². The number of rotatable bonds is 6. The van der Waals surface area contributed by atoms with Crippen molar-refractivity contribution in [2.45, 2.75) is 13.5 Å². The fourth-order valence-corrected chi connectivity index (χ4v) is 3.90. The third-order valence-corrected chi connectivity index (χ3v) is 5.80. The molecule has 0 bridgehead atoms. The van der Waals surface area contributed by atoms with Gasteiger partial charge in [-0.3, -0.25) is 14.5 Å². The zero-order chi connectivity index (χ0) is 21.0. The SMILES string of the molecule is CCOc1cc(/C=C2\SC(=O)N(C)C2=O)c(Br)cc1OCc1ccccc1C#N. The third-order valence-electron chi connectivity index (χ3n) is 4.16. The lowest BCUT2D eigenvalue weighted by atomic mass is 10.1. The van der Waals surface area contributed by atoms with Crippen LogP contribution >= 0.6 is 27.7 Å². The van der Waals surface area contributed by atoms with Crippen molar-refractivity contribution in [3.8, 4) is 17.6 Å². The number of hydrogen-bond acceptors (Lipinski definition) is 6. The lowest BCUT2D eigenvalue weighted by Gasteiger charge is -2.14. The Kier molecular flexibility index (Phi) is 6.62. The zero-order valence-corrected chi connectivity index (χ0v) is 18.2. The molecule has 148 valence electrons. The lowest BCUT2D eigenvalue weighted by molar-refractivity contribution is -0.121. The molecule has 3 rings (SSSR count). The van der Waals surface area contributed by atoms with Gasteiger partial charge in [-0.15, -0.1) is 0 Å². The summed E-state index contributed by atoms with van der Waals surface area (Å²) in [7, 11) is 1.45. The highest BCUT2D eigenvalue weighted by Gasteiger charge is 2.32. The van der Waals surface area contributed by atoms with Gasteiger partial charge < -0.3 is 9.47 Å². The number of amides is 2. The van der Waals surface area contributed by atoms with Crippen LogP contribution in [-0.4, -0.2) is 29.7 Å². The highest BCUT2D eigenvalue weighted by molar-refractivity contribution is 9.10. The average molecular weight is 473 g/mol. The van der Waals surface area contributed by atoms with Gasteiger partial charge in [0.25, 0.3) is 11.1 Å². The molecule has 1 fully saturated rings. The van der Waals surface area contributed by atoms with Gasteiger partial charge in [-0.05, 0) is 48.5 Å². The molecule has 2 amide bonds. The van der Waals surface area contributed by atoms with E-state index < -0.39 is 0 Å². The first kappa shape index (κ1) is 21.0. The van der Waals surface area contributed by atoms with E-state index in [2.05, 4.69) is 22.0 Å². The summed E-state index contributed by atoms with van der Waals surface area (Å²) >= 11 is 4.39. The van der Waals surface area contributed by atoms with Crippen LogP contribution in [0.1, 0.15) is 23.6 Å². The normalized spacial score (nSPS) is 15.0. The van der Waals surface area contributed by atoms with Crippen molar-refractivity contribution in [2.24, 2.45) is 0 Å². The molecule has 1 aliphatic heterocycles. The Hall–Kier alpha value is -2.76. The standard InChI is InChI=1S/C21H17BrN2O4S/c1-3-27-17-8-15(9-19-20(25)24(2)21(26)29-19)16(22)10-18(17)28-12-14-7-5-4-6-13(14)11-23/h4-10H,3,12H2,1-2H3/b19-9-. The van der Waals surface area contributed by atoms with Gasteiger partial charge in [0.1, 0.15) is 6.61 Å². The molecule has 0 N–H and O–H groups in total. The number of likely N-dealkylation sites (N-methyl/N-ethyl adjacent to an activating group) is 1. The molecule has 1 heterocycles. The largest absolute Gasteiger partial charge is 0.490 e. The van der Waals surface area contributed by atoms with Crippen molar-refractivity contribution >= 4 is 44.9 Å². The van der Waals surface area contributed by atoms with E-state index >= 15 is 0 Å². The summed E-state index contributed by atoms with van der Waals surface area (Å²) in [5, 5.41) is 8.92. The van der Waals surface area contributed by atoms with Crippen LogP contribution in [0.25, 0.3) is 6.08 Å². The van der Waals surface area contributed by atoms with Crippen molar-refractivity contribution < 1.29 is 19.1 Å². The Labute approximate surface area is 181 Å². The number of thioether (sulfide) groups is 1. The quantitative estimate of drug-likeness (QED) is 0.552. The summed E-state index contributed by atoms with van der Waals surface area (Å²) in [6.07, 6.45) is 1.65. The van der Waals surface area contributed by atoms with Gasteiger partial charge in [0.15, 0.2) is 11.5 Å². The molecule has 1 aliphatic rings. The molecule has 0 aliphatic carbocycles. The van der Waals surface area contributed by atoms with Crippen molar-refractivity contribution in [3.05, 3.63) is 62.5 Å². The lowest BCUT2D eigenvalue weighted by Crippen LogP contribution is -2.22. The van der Waals surface area contributed by atoms with E-state index in [1.807, 2.05) is 19.1 Å². The van der Waals surface area contributed by atoms with Crippen LogP contribution in [0.3, 0.4) is 0 Å². The second-order valence-electron chi connectivity index (χ2n) is 6.05. The van der Waals surface area contributed by atoms with E-state index in [1.165, 1.54) is 7.05 Å². The number of nitriles is 1. The van der Waals surface area contributed by atoms with E-state index in [0.29, 0.717) is 38.6 Å². The predicted octanol–water partition coefficient (Wildman–Crippen LogP) is 4.96. The number of hydrogen-bond donors (Lipinski definition) is 0. The summed E-state index contributed by atoms with van der Waals surface area (Å²) < 4.78 is 12.3. The number of halogens is 1. The molecule has 2 aromatic rings. The van der Waals surface area contributed by atoms with Crippen molar-refractivity contribution in [1.29, 1.82) is 5.26 Å². The maximum atomic E-state index is 12.1. The molecule has 8 heteroatoms. The topological polar surface area (TPSA) is 79.6 Å². The van der Waals surface area contributed by atoms with Crippen LogP contribution in [0.5, 0.6) is 11.5 Å². The molecular formula is C21H17BrN2O4S. The second-order valence-corrected chi connectivity index (χ2v) is 7.90. The molecule has 0 saturated carbocycles. The molecule has 0 radical (unpaired) electrons. The summed E-state index contributed by atoms with van der Waals surface area (Å²) in [6.45, 7) is 2.50. The van der Waals surface area contributed by atoms with Crippen LogP contribution in [0, 0.1) is 11.3 Å². The third kappa shape index (κ3) is 4.63. The maximum Gasteiger partial charge on any atom is 0.293 e. The van der Waals surface area contributed by atoms with E-state index in [4.69, 9.17) is 9.47 Å². The minimum Gasteiger partial charge on any atom is -0.490 e. The molecule has 0 aromatic heterocycles.